The number of benzene rings is 1. The van der Waals surface area contributed by atoms with Gasteiger partial charge in [-0.25, -0.2) is 4.79 Å². The average molecular weight is 387 g/mol. The minimum absolute atomic E-state index is 0.140. The number of rotatable bonds is 5. The molecule has 1 aliphatic carbocycles. The Labute approximate surface area is 163 Å². The van der Waals surface area contributed by atoms with Crippen molar-refractivity contribution in [2.45, 2.75) is 50.5 Å². The Balaban J connectivity index is 1.28. The molecule has 2 N–H and O–H groups in total. The first-order valence-electron chi connectivity index (χ1n) is 9.91. The van der Waals surface area contributed by atoms with Gasteiger partial charge in [0.05, 0.1) is 13.2 Å². The van der Waals surface area contributed by atoms with E-state index in [1.807, 2.05) is 0 Å². The zero-order valence-electron chi connectivity index (χ0n) is 15.8. The summed E-state index contributed by atoms with van der Waals surface area (Å²) >= 11 is 0. The first kappa shape index (κ1) is 18.6. The summed E-state index contributed by atoms with van der Waals surface area (Å²) in [5.41, 5.74) is -0.0577. The van der Waals surface area contributed by atoms with Crippen molar-refractivity contribution in [3.63, 3.8) is 0 Å². The van der Waals surface area contributed by atoms with Gasteiger partial charge in [-0.05, 0) is 31.4 Å². The molecular weight excluding hydrogens is 362 g/mol. The van der Waals surface area contributed by atoms with Crippen molar-refractivity contribution in [3.8, 4) is 11.5 Å². The van der Waals surface area contributed by atoms with Crippen LogP contribution in [0.15, 0.2) is 18.2 Å². The Kier molecular flexibility index (Phi) is 5.11. The summed E-state index contributed by atoms with van der Waals surface area (Å²) in [5, 5.41) is 5.68. The Bertz CT molecular complexity index is 788. The maximum Gasteiger partial charge on any atom is 0.325 e. The standard InChI is InChI=1S/C20H25N3O5/c24-17(21-14-6-7-15-16(13-14)28-12-4-11-27-15)5-3-10-23-18(25)20(22-19(23)26)8-1-2-9-20/h6-7,13H,1-5,8-12H2,(H,21,24)(H,22,26). The van der Waals surface area contributed by atoms with Crippen molar-refractivity contribution in [1.29, 1.82) is 0 Å². The maximum absolute atomic E-state index is 12.6. The molecule has 2 fully saturated rings. The van der Waals surface area contributed by atoms with Gasteiger partial charge < -0.3 is 20.1 Å². The van der Waals surface area contributed by atoms with Crippen LogP contribution in [0.5, 0.6) is 11.5 Å². The number of ether oxygens (including phenoxy) is 2. The first-order chi connectivity index (χ1) is 13.6. The van der Waals surface area contributed by atoms with Crippen molar-refractivity contribution in [3.05, 3.63) is 18.2 Å². The molecule has 1 spiro atoms. The number of nitrogens with zero attached hydrogens (tertiary/aromatic N) is 1. The van der Waals surface area contributed by atoms with E-state index in [0.29, 0.717) is 49.7 Å². The number of carbonyl (C=O) groups is 3. The molecule has 0 atom stereocenters. The number of hydrogen-bond donors (Lipinski definition) is 2. The van der Waals surface area contributed by atoms with Gasteiger partial charge in [0, 0.05) is 31.1 Å². The van der Waals surface area contributed by atoms with Crippen molar-refractivity contribution in [2.75, 3.05) is 25.1 Å². The lowest BCUT2D eigenvalue weighted by molar-refractivity contribution is -0.131. The van der Waals surface area contributed by atoms with E-state index in [1.54, 1.807) is 18.2 Å². The number of urea groups is 1. The fourth-order valence-corrected chi connectivity index (χ4v) is 4.06. The quantitative estimate of drug-likeness (QED) is 0.757. The summed E-state index contributed by atoms with van der Waals surface area (Å²) < 4.78 is 11.2. The molecule has 150 valence electrons. The molecular formula is C20H25N3O5. The highest BCUT2D eigenvalue weighted by Gasteiger charge is 2.52. The van der Waals surface area contributed by atoms with Crippen LogP contribution in [-0.4, -0.2) is 48.0 Å². The summed E-state index contributed by atoms with van der Waals surface area (Å²) in [4.78, 5) is 38.2. The van der Waals surface area contributed by atoms with Crippen LogP contribution >= 0.6 is 0 Å². The summed E-state index contributed by atoms with van der Waals surface area (Å²) in [5.74, 6) is 0.988. The topological polar surface area (TPSA) is 97.0 Å². The van der Waals surface area contributed by atoms with Gasteiger partial charge in [0.1, 0.15) is 5.54 Å². The summed E-state index contributed by atoms with van der Waals surface area (Å²) in [6.07, 6.45) is 4.79. The second-order valence-corrected chi connectivity index (χ2v) is 7.54. The summed E-state index contributed by atoms with van der Waals surface area (Å²) in [6.45, 7) is 1.45. The number of amides is 4. The molecule has 2 heterocycles. The third kappa shape index (κ3) is 3.63. The van der Waals surface area contributed by atoms with Gasteiger partial charge in [0.25, 0.3) is 5.91 Å². The van der Waals surface area contributed by atoms with E-state index in [-0.39, 0.29) is 30.8 Å². The van der Waals surface area contributed by atoms with Gasteiger partial charge in [0.2, 0.25) is 5.91 Å². The second kappa shape index (κ2) is 7.69. The Hall–Kier alpha value is -2.77. The Morgan fingerprint density at radius 1 is 1.11 bits per heavy atom. The van der Waals surface area contributed by atoms with Crippen LogP contribution in [-0.2, 0) is 9.59 Å². The second-order valence-electron chi connectivity index (χ2n) is 7.54. The predicted molar refractivity (Wildman–Crippen MR) is 101 cm³/mol. The highest BCUT2D eigenvalue weighted by atomic mass is 16.5. The van der Waals surface area contributed by atoms with Gasteiger partial charge in [-0.2, -0.15) is 0 Å². The van der Waals surface area contributed by atoms with E-state index in [0.717, 1.165) is 19.3 Å². The van der Waals surface area contributed by atoms with Crippen LogP contribution in [0, 0.1) is 0 Å². The highest BCUT2D eigenvalue weighted by Crippen LogP contribution is 2.35. The fourth-order valence-electron chi connectivity index (χ4n) is 4.06. The molecule has 4 rings (SSSR count). The molecule has 0 bridgehead atoms. The van der Waals surface area contributed by atoms with E-state index in [1.165, 1.54) is 4.90 Å². The molecule has 1 saturated heterocycles. The van der Waals surface area contributed by atoms with Crippen molar-refractivity contribution < 1.29 is 23.9 Å². The molecule has 8 nitrogen and oxygen atoms in total. The Morgan fingerprint density at radius 2 is 1.86 bits per heavy atom. The van der Waals surface area contributed by atoms with Crippen LogP contribution in [0.25, 0.3) is 0 Å². The SMILES string of the molecule is O=C(CCCN1C(=O)NC2(CCCC2)C1=O)Nc1ccc2c(c1)OCCCO2. The summed E-state index contributed by atoms with van der Waals surface area (Å²) in [6, 6.07) is 4.96. The van der Waals surface area contributed by atoms with E-state index in [2.05, 4.69) is 10.6 Å². The fraction of sp³-hybridized carbons (Fsp3) is 0.550. The third-order valence-electron chi connectivity index (χ3n) is 5.52. The molecule has 0 unspecified atom stereocenters. The number of imide groups is 1. The first-order valence-corrected chi connectivity index (χ1v) is 9.91. The van der Waals surface area contributed by atoms with Gasteiger partial charge >= 0.3 is 6.03 Å². The molecule has 0 aromatic heterocycles. The molecule has 4 amide bonds. The molecule has 1 saturated carbocycles. The molecule has 3 aliphatic rings. The highest BCUT2D eigenvalue weighted by molar-refractivity contribution is 6.07. The van der Waals surface area contributed by atoms with Crippen molar-refractivity contribution in [1.82, 2.24) is 10.2 Å². The smallest absolute Gasteiger partial charge is 0.325 e. The zero-order valence-corrected chi connectivity index (χ0v) is 15.8. The van der Waals surface area contributed by atoms with Gasteiger partial charge in [-0.1, -0.05) is 12.8 Å². The van der Waals surface area contributed by atoms with Crippen LogP contribution in [0.1, 0.15) is 44.9 Å². The molecule has 1 aromatic carbocycles. The predicted octanol–water partition coefficient (Wildman–Crippen LogP) is 2.43. The lowest BCUT2D eigenvalue weighted by Gasteiger charge is -2.19. The van der Waals surface area contributed by atoms with Gasteiger partial charge in [-0.3, -0.25) is 14.5 Å². The summed E-state index contributed by atoms with van der Waals surface area (Å²) in [7, 11) is 0. The van der Waals surface area contributed by atoms with Crippen LogP contribution in [0.4, 0.5) is 10.5 Å². The van der Waals surface area contributed by atoms with E-state index in [4.69, 9.17) is 9.47 Å². The van der Waals surface area contributed by atoms with Gasteiger partial charge in [0.15, 0.2) is 11.5 Å². The van der Waals surface area contributed by atoms with Crippen LogP contribution < -0.4 is 20.1 Å². The van der Waals surface area contributed by atoms with E-state index >= 15 is 0 Å². The number of carbonyl (C=O) groups excluding carboxylic acids is 3. The Morgan fingerprint density at radius 3 is 2.64 bits per heavy atom. The number of nitrogens with one attached hydrogen (secondary N) is 2. The van der Waals surface area contributed by atoms with Crippen molar-refractivity contribution in [2.24, 2.45) is 0 Å². The minimum Gasteiger partial charge on any atom is -0.490 e. The van der Waals surface area contributed by atoms with Crippen LogP contribution in [0.2, 0.25) is 0 Å². The minimum atomic E-state index is -0.691. The molecule has 0 radical (unpaired) electrons. The molecule has 1 aromatic rings. The molecule has 2 aliphatic heterocycles. The van der Waals surface area contributed by atoms with E-state index in [9.17, 15) is 14.4 Å². The number of fused-ring (bicyclic) bond motifs is 1. The van der Waals surface area contributed by atoms with Crippen molar-refractivity contribution >= 4 is 23.5 Å². The monoisotopic (exact) mass is 387 g/mol. The number of hydrogen-bond acceptors (Lipinski definition) is 5. The number of anilines is 1. The third-order valence-corrected chi connectivity index (χ3v) is 5.52. The molecule has 8 heteroatoms. The largest absolute Gasteiger partial charge is 0.490 e. The zero-order chi connectivity index (χ0) is 19.6. The van der Waals surface area contributed by atoms with E-state index < -0.39 is 5.54 Å². The maximum atomic E-state index is 12.6. The normalized spacial score (nSPS) is 20.2. The lowest BCUT2D eigenvalue weighted by Crippen LogP contribution is -2.44. The lowest BCUT2D eigenvalue weighted by atomic mass is 9.98. The molecule has 28 heavy (non-hydrogen) atoms. The van der Waals surface area contributed by atoms with Gasteiger partial charge in [-0.15, -0.1) is 0 Å². The average Bonchev–Trinajstić information content (AvgIpc) is 3.13. The van der Waals surface area contributed by atoms with Crippen LogP contribution in [0.3, 0.4) is 0 Å².